The summed E-state index contributed by atoms with van der Waals surface area (Å²) in [4.78, 5) is 24.3. The summed E-state index contributed by atoms with van der Waals surface area (Å²) in [5.74, 6) is -0.500. The van der Waals surface area contributed by atoms with Crippen molar-refractivity contribution in [1.82, 2.24) is 5.32 Å². The summed E-state index contributed by atoms with van der Waals surface area (Å²) in [6, 6.07) is 7.17. The molecule has 5 heteroatoms. The van der Waals surface area contributed by atoms with Gasteiger partial charge in [0.25, 0.3) is 0 Å². The number of anilines is 1. The Labute approximate surface area is 124 Å². The van der Waals surface area contributed by atoms with E-state index in [2.05, 4.69) is 5.32 Å². The predicted molar refractivity (Wildman–Crippen MR) is 80.5 cm³/mol. The Hall–Kier alpha value is -2.04. The van der Waals surface area contributed by atoms with Crippen molar-refractivity contribution in [2.45, 2.75) is 44.1 Å². The zero-order chi connectivity index (χ0) is 15.3. The largest absolute Gasteiger partial charge is 0.467 e. The summed E-state index contributed by atoms with van der Waals surface area (Å²) in [5, 5.41) is 2.90. The summed E-state index contributed by atoms with van der Waals surface area (Å²) in [6.45, 7) is 0. The normalized spacial score (nSPS) is 17.0. The van der Waals surface area contributed by atoms with Gasteiger partial charge < -0.3 is 15.8 Å². The van der Waals surface area contributed by atoms with Gasteiger partial charge in [-0.15, -0.1) is 0 Å². The molecule has 0 radical (unpaired) electrons. The molecule has 0 heterocycles. The first kappa shape index (κ1) is 15.4. The molecule has 2 rings (SSSR count). The van der Waals surface area contributed by atoms with E-state index in [0.717, 1.165) is 24.8 Å². The van der Waals surface area contributed by atoms with Crippen molar-refractivity contribution < 1.29 is 14.3 Å². The lowest BCUT2D eigenvalue weighted by Gasteiger charge is -2.35. The second-order valence-corrected chi connectivity index (χ2v) is 5.60. The molecule has 0 aromatic heterocycles. The maximum Gasteiger partial charge on any atom is 0.331 e. The molecule has 0 atom stereocenters. The van der Waals surface area contributed by atoms with Crippen LogP contribution in [0.15, 0.2) is 24.3 Å². The van der Waals surface area contributed by atoms with Crippen LogP contribution in [0.5, 0.6) is 0 Å². The van der Waals surface area contributed by atoms with Crippen molar-refractivity contribution in [1.29, 1.82) is 0 Å². The monoisotopic (exact) mass is 290 g/mol. The van der Waals surface area contributed by atoms with E-state index in [0.29, 0.717) is 18.5 Å². The molecule has 1 aliphatic rings. The highest BCUT2D eigenvalue weighted by atomic mass is 16.5. The van der Waals surface area contributed by atoms with Gasteiger partial charge in [-0.05, 0) is 30.5 Å². The van der Waals surface area contributed by atoms with E-state index in [-0.39, 0.29) is 18.3 Å². The highest BCUT2D eigenvalue weighted by Gasteiger charge is 2.41. The van der Waals surface area contributed by atoms with Crippen LogP contribution < -0.4 is 11.1 Å². The van der Waals surface area contributed by atoms with E-state index in [9.17, 15) is 9.59 Å². The molecule has 0 aliphatic heterocycles. The number of methoxy groups -OCH3 is 1. The summed E-state index contributed by atoms with van der Waals surface area (Å²) in [7, 11) is 1.37. The molecule has 3 N–H and O–H groups in total. The van der Waals surface area contributed by atoms with Crippen LogP contribution in [-0.2, 0) is 20.7 Å². The summed E-state index contributed by atoms with van der Waals surface area (Å²) >= 11 is 0. The standard InChI is InChI=1S/C16H22N2O3/c1-21-15(20)16(9-3-2-4-10-16)18-14(19)11-12-5-7-13(17)8-6-12/h5-8H,2-4,9-11,17H2,1H3,(H,18,19). The highest BCUT2D eigenvalue weighted by Crippen LogP contribution is 2.29. The van der Waals surface area contributed by atoms with Crippen molar-refractivity contribution in [3.05, 3.63) is 29.8 Å². The Balaban J connectivity index is 2.04. The van der Waals surface area contributed by atoms with E-state index in [1.54, 1.807) is 12.1 Å². The average Bonchev–Trinajstić information content (AvgIpc) is 2.49. The molecule has 1 aliphatic carbocycles. The number of carbonyl (C=O) groups excluding carboxylic acids is 2. The van der Waals surface area contributed by atoms with Crippen molar-refractivity contribution in [3.8, 4) is 0 Å². The van der Waals surface area contributed by atoms with Crippen molar-refractivity contribution >= 4 is 17.6 Å². The van der Waals surface area contributed by atoms with E-state index in [4.69, 9.17) is 10.5 Å². The van der Waals surface area contributed by atoms with Gasteiger partial charge in [0.1, 0.15) is 5.54 Å². The molecule has 1 saturated carbocycles. The molecule has 0 unspecified atom stereocenters. The maximum atomic E-state index is 12.2. The van der Waals surface area contributed by atoms with Gasteiger partial charge in [0.2, 0.25) is 5.91 Å². The Morgan fingerprint density at radius 1 is 1.19 bits per heavy atom. The number of benzene rings is 1. The molecule has 114 valence electrons. The second-order valence-electron chi connectivity index (χ2n) is 5.60. The van der Waals surface area contributed by atoms with Crippen molar-refractivity contribution in [2.24, 2.45) is 0 Å². The first-order valence-corrected chi connectivity index (χ1v) is 7.29. The number of carbonyl (C=O) groups is 2. The number of hydrogen-bond acceptors (Lipinski definition) is 4. The van der Waals surface area contributed by atoms with E-state index < -0.39 is 5.54 Å². The molecule has 21 heavy (non-hydrogen) atoms. The quantitative estimate of drug-likeness (QED) is 0.654. The van der Waals surface area contributed by atoms with Gasteiger partial charge in [-0.25, -0.2) is 4.79 Å². The van der Waals surface area contributed by atoms with E-state index in [1.807, 2.05) is 12.1 Å². The molecular formula is C16H22N2O3. The first-order chi connectivity index (χ1) is 10.1. The Morgan fingerprint density at radius 2 is 1.81 bits per heavy atom. The maximum absolute atomic E-state index is 12.2. The third kappa shape index (κ3) is 3.74. The molecule has 1 amide bonds. The van der Waals surface area contributed by atoms with Crippen LogP contribution in [0.3, 0.4) is 0 Å². The fourth-order valence-electron chi connectivity index (χ4n) is 2.86. The van der Waals surface area contributed by atoms with Gasteiger partial charge in [-0.3, -0.25) is 4.79 Å². The molecule has 1 fully saturated rings. The SMILES string of the molecule is COC(=O)C1(NC(=O)Cc2ccc(N)cc2)CCCCC1. The zero-order valence-corrected chi connectivity index (χ0v) is 12.4. The second kappa shape index (κ2) is 6.61. The third-order valence-corrected chi connectivity index (χ3v) is 4.01. The minimum atomic E-state index is -0.849. The van der Waals surface area contributed by atoms with Crippen LogP contribution in [0.2, 0.25) is 0 Å². The molecule has 0 saturated heterocycles. The van der Waals surface area contributed by atoms with Crippen LogP contribution in [0.25, 0.3) is 0 Å². The Kier molecular flexibility index (Phi) is 4.83. The number of esters is 1. The van der Waals surface area contributed by atoms with E-state index >= 15 is 0 Å². The minimum Gasteiger partial charge on any atom is -0.467 e. The van der Waals surface area contributed by atoms with Crippen molar-refractivity contribution in [3.63, 3.8) is 0 Å². The third-order valence-electron chi connectivity index (χ3n) is 4.01. The topological polar surface area (TPSA) is 81.4 Å². The predicted octanol–water partition coefficient (Wildman–Crippen LogP) is 1.80. The van der Waals surface area contributed by atoms with Gasteiger partial charge in [-0.2, -0.15) is 0 Å². The lowest BCUT2D eigenvalue weighted by molar-refractivity contribution is -0.152. The lowest BCUT2D eigenvalue weighted by atomic mass is 9.81. The van der Waals surface area contributed by atoms with Crippen molar-refractivity contribution in [2.75, 3.05) is 12.8 Å². The van der Waals surface area contributed by atoms with Crippen LogP contribution in [-0.4, -0.2) is 24.5 Å². The van der Waals surface area contributed by atoms with Crippen LogP contribution >= 0.6 is 0 Å². The minimum absolute atomic E-state index is 0.160. The molecule has 0 bridgehead atoms. The number of nitrogens with one attached hydrogen (secondary N) is 1. The summed E-state index contributed by atoms with van der Waals surface area (Å²) in [5.41, 5.74) is 6.31. The molecule has 0 spiro atoms. The number of rotatable bonds is 4. The Bertz CT molecular complexity index is 505. The molecule has 1 aromatic carbocycles. The van der Waals surface area contributed by atoms with Crippen LogP contribution in [0.1, 0.15) is 37.7 Å². The van der Waals surface area contributed by atoms with E-state index in [1.165, 1.54) is 7.11 Å². The number of ether oxygens (including phenoxy) is 1. The highest BCUT2D eigenvalue weighted by molar-refractivity contribution is 5.89. The average molecular weight is 290 g/mol. The van der Waals surface area contributed by atoms with Gasteiger partial charge in [0, 0.05) is 5.69 Å². The van der Waals surface area contributed by atoms with Gasteiger partial charge in [-0.1, -0.05) is 31.4 Å². The number of hydrogen-bond donors (Lipinski definition) is 2. The Morgan fingerprint density at radius 3 is 2.38 bits per heavy atom. The summed E-state index contributed by atoms with van der Waals surface area (Å²) < 4.78 is 4.89. The molecule has 1 aromatic rings. The number of nitrogen functional groups attached to an aromatic ring is 1. The first-order valence-electron chi connectivity index (χ1n) is 7.29. The van der Waals surface area contributed by atoms with Gasteiger partial charge in [0.05, 0.1) is 13.5 Å². The van der Waals surface area contributed by atoms with Crippen LogP contribution in [0.4, 0.5) is 5.69 Å². The fourth-order valence-corrected chi connectivity index (χ4v) is 2.86. The fraction of sp³-hybridized carbons (Fsp3) is 0.500. The van der Waals surface area contributed by atoms with Crippen LogP contribution in [0, 0.1) is 0 Å². The number of nitrogens with two attached hydrogens (primary N) is 1. The molecule has 5 nitrogen and oxygen atoms in total. The van der Waals surface area contributed by atoms with Gasteiger partial charge >= 0.3 is 5.97 Å². The van der Waals surface area contributed by atoms with Gasteiger partial charge in [0.15, 0.2) is 0 Å². The smallest absolute Gasteiger partial charge is 0.331 e. The summed E-state index contributed by atoms with van der Waals surface area (Å²) in [6.07, 6.45) is 4.47. The molecular weight excluding hydrogens is 268 g/mol. The lowest BCUT2D eigenvalue weighted by Crippen LogP contribution is -2.56. The zero-order valence-electron chi connectivity index (χ0n) is 12.4. The number of amides is 1.